The Morgan fingerprint density at radius 2 is 1.82 bits per heavy atom. The molecule has 2 aromatic carbocycles. The van der Waals surface area contributed by atoms with Gasteiger partial charge in [-0.3, -0.25) is 9.59 Å². The van der Waals surface area contributed by atoms with Gasteiger partial charge in [0.05, 0.1) is 18.6 Å². The molecule has 3 N–H and O–H groups in total. The van der Waals surface area contributed by atoms with Gasteiger partial charge in [0.25, 0.3) is 5.91 Å². The van der Waals surface area contributed by atoms with Crippen molar-refractivity contribution in [1.82, 2.24) is 10.3 Å². The highest BCUT2D eigenvalue weighted by molar-refractivity contribution is 5.94. The summed E-state index contributed by atoms with van der Waals surface area (Å²) in [6.07, 6.45) is 1.85. The summed E-state index contributed by atoms with van der Waals surface area (Å²) in [7, 11) is 1.33. The number of nitrogens with one attached hydrogen (secondary N) is 1. The van der Waals surface area contributed by atoms with Crippen LogP contribution in [0.4, 0.5) is 0 Å². The maximum atomic E-state index is 12.8. The number of rotatable bonds is 7. The monoisotopic (exact) mass is 453 g/mol. The second-order valence-corrected chi connectivity index (χ2v) is 7.87. The zero-order valence-electron chi connectivity index (χ0n) is 19.2. The number of carbonyl (C=O) groups excluding carboxylic acids is 2. The summed E-state index contributed by atoms with van der Waals surface area (Å²) in [5.41, 5.74) is 9.74. The van der Waals surface area contributed by atoms with Gasteiger partial charge in [-0.15, -0.1) is 0 Å². The Morgan fingerprint density at radius 3 is 2.47 bits per heavy atom. The number of amides is 1. The third-order valence-electron chi connectivity index (χ3n) is 5.35. The number of aromatic nitrogens is 1. The first-order valence-corrected chi connectivity index (χ1v) is 10.8. The van der Waals surface area contributed by atoms with E-state index in [0.29, 0.717) is 23.4 Å². The minimum Gasteiger partial charge on any atom is -0.469 e. The number of carbonyl (C=O) groups is 2. The molecule has 3 rings (SSSR count). The molecule has 6 nitrogen and oxygen atoms in total. The number of pyridine rings is 1. The smallest absolute Gasteiger partial charge is 0.311 e. The number of nitrogens with two attached hydrogens (primary N) is 1. The molecule has 6 heteroatoms. The fourth-order valence-electron chi connectivity index (χ4n) is 3.42. The fraction of sp³-hybridized carbons (Fsp3) is 0.179. The number of nitrogens with zero attached hydrogens (tertiary/aromatic N) is 1. The number of hydrogen-bond donors (Lipinski definition) is 2. The topological polar surface area (TPSA) is 94.3 Å². The lowest BCUT2D eigenvalue weighted by Gasteiger charge is -2.23. The van der Waals surface area contributed by atoms with E-state index in [1.165, 1.54) is 13.3 Å². The molecule has 0 aliphatic carbocycles. The molecule has 0 spiro atoms. The van der Waals surface area contributed by atoms with E-state index in [1.54, 1.807) is 19.1 Å². The summed E-state index contributed by atoms with van der Waals surface area (Å²) in [4.78, 5) is 29.5. The van der Waals surface area contributed by atoms with Crippen LogP contribution in [-0.2, 0) is 16.0 Å². The quantitative estimate of drug-likeness (QED) is 0.421. The number of hydrogen-bond acceptors (Lipinski definition) is 5. The molecule has 0 fully saturated rings. The number of benzene rings is 2. The molecule has 1 heterocycles. The lowest BCUT2D eigenvalue weighted by molar-refractivity contribution is -0.146. The molecular formula is C28H27N3O3. The predicted molar refractivity (Wildman–Crippen MR) is 132 cm³/mol. The molecule has 2 atom stereocenters. The van der Waals surface area contributed by atoms with Crippen LogP contribution in [0.15, 0.2) is 79.5 Å². The maximum absolute atomic E-state index is 12.8. The number of esters is 1. The largest absolute Gasteiger partial charge is 0.469 e. The van der Waals surface area contributed by atoms with Crippen LogP contribution in [0.2, 0.25) is 0 Å². The molecule has 2 unspecified atom stereocenters. The van der Waals surface area contributed by atoms with E-state index < -0.39 is 17.9 Å². The maximum Gasteiger partial charge on any atom is 0.311 e. The molecule has 1 aromatic heterocycles. The van der Waals surface area contributed by atoms with Crippen molar-refractivity contribution in [2.24, 2.45) is 11.7 Å². The second kappa shape index (κ2) is 11.5. The van der Waals surface area contributed by atoms with Crippen molar-refractivity contribution in [2.75, 3.05) is 7.11 Å². The molecule has 3 aromatic rings. The molecule has 0 saturated carbocycles. The van der Waals surface area contributed by atoms with E-state index in [9.17, 15) is 9.59 Å². The van der Waals surface area contributed by atoms with Gasteiger partial charge < -0.3 is 15.8 Å². The molecule has 0 radical (unpaired) electrons. The van der Waals surface area contributed by atoms with Crippen molar-refractivity contribution in [2.45, 2.75) is 19.4 Å². The van der Waals surface area contributed by atoms with Gasteiger partial charge in [0.2, 0.25) is 0 Å². The number of ether oxygens (including phenoxy) is 1. The summed E-state index contributed by atoms with van der Waals surface area (Å²) in [6, 6.07) is 19.9. The minimum atomic E-state index is -0.584. The zero-order valence-corrected chi connectivity index (χ0v) is 19.2. The van der Waals surface area contributed by atoms with E-state index in [1.807, 2.05) is 54.6 Å². The van der Waals surface area contributed by atoms with Gasteiger partial charge in [-0.05, 0) is 60.7 Å². The van der Waals surface area contributed by atoms with Crippen molar-refractivity contribution in [1.29, 1.82) is 0 Å². The van der Waals surface area contributed by atoms with Gasteiger partial charge in [0.15, 0.2) is 0 Å². The second-order valence-electron chi connectivity index (χ2n) is 7.87. The van der Waals surface area contributed by atoms with Crippen LogP contribution in [-0.4, -0.2) is 30.0 Å². The molecule has 0 aliphatic heterocycles. The molecule has 34 heavy (non-hydrogen) atoms. The Kier molecular flexibility index (Phi) is 8.20. The zero-order chi connectivity index (χ0) is 24.5. The van der Waals surface area contributed by atoms with Crippen LogP contribution >= 0.6 is 0 Å². The Morgan fingerprint density at radius 1 is 1.06 bits per heavy atom. The van der Waals surface area contributed by atoms with E-state index in [2.05, 4.69) is 28.7 Å². The average Bonchev–Trinajstić information content (AvgIpc) is 2.86. The van der Waals surface area contributed by atoms with Crippen LogP contribution in [0.1, 0.15) is 39.7 Å². The van der Waals surface area contributed by atoms with Crippen LogP contribution in [0.25, 0.3) is 5.70 Å². The van der Waals surface area contributed by atoms with Crippen LogP contribution in [0.3, 0.4) is 0 Å². The van der Waals surface area contributed by atoms with Crippen LogP contribution in [0.5, 0.6) is 0 Å². The Hall–Kier alpha value is -4.37. The summed E-state index contributed by atoms with van der Waals surface area (Å²) < 4.78 is 4.99. The predicted octanol–water partition coefficient (Wildman–Crippen LogP) is 3.56. The summed E-state index contributed by atoms with van der Waals surface area (Å²) in [5.74, 6) is 4.69. The van der Waals surface area contributed by atoms with Gasteiger partial charge in [-0.1, -0.05) is 48.9 Å². The first kappa shape index (κ1) is 24.3. The highest BCUT2D eigenvalue weighted by Crippen LogP contribution is 2.18. The third kappa shape index (κ3) is 6.57. The van der Waals surface area contributed by atoms with Crippen molar-refractivity contribution in [3.05, 3.63) is 107 Å². The molecular weight excluding hydrogens is 426 g/mol. The highest BCUT2D eigenvalue weighted by Gasteiger charge is 2.28. The Labute approximate surface area is 199 Å². The van der Waals surface area contributed by atoms with Gasteiger partial charge in [-0.25, -0.2) is 4.98 Å². The van der Waals surface area contributed by atoms with E-state index in [4.69, 9.17) is 10.5 Å². The van der Waals surface area contributed by atoms with Crippen LogP contribution < -0.4 is 11.1 Å². The lowest BCUT2D eigenvalue weighted by Crippen LogP contribution is -2.42. The molecule has 0 bridgehead atoms. The van der Waals surface area contributed by atoms with Gasteiger partial charge in [0, 0.05) is 23.5 Å². The standard InChI is InChI=1S/C28H27N3O3/c1-19(29)23-11-7-10-22(16-23)17-26(28(33)34-3)20(2)31-27(32)24-13-15-25(30-18-24)14-12-21-8-5-4-6-9-21/h4-11,13,15-16,18,20,26H,1,17,29H2,2-3H3,(H,31,32). The molecule has 172 valence electrons. The third-order valence-corrected chi connectivity index (χ3v) is 5.35. The van der Waals surface area contributed by atoms with E-state index in [-0.39, 0.29) is 5.91 Å². The van der Waals surface area contributed by atoms with Crippen molar-refractivity contribution >= 4 is 17.6 Å². The summed E-state index contributed by atoms with van der Waals surface area (Å²) in [5, 5.41) is 2.89. The van der Waals surface area contributed by atoms with Gasteiger partial charge >= 0.3 is 5.97 Å². The van der Waals surface area contributed by atoms with Crippen molar-refractivity contribution in [3.63, 3.8) is 0 Å². The van der Waals surface area contributed by atoms with E-state index in [0.717, 1.165) is 16.7 Å². The average molecular weight is 454 g/mol. The van der Waals surface area contributed by atoms with Gasteiger partial charge in [-0.2, -0.15) is 0 Å². The van der Waals surface area contributed by atoms with Crippen LogP contribution in [0, 0.1) is 17.8 Å². The SMILES string of the molecule is C=C(N)c1cccc(CC(C(=O)OC)C(C)NC(=O)c2ccc(C#Cc3ccccc3)nc2)c1. The minimum absolute atomic E-state index is 0.333. The normalized spacial score (nSPS) is 11.9. The van der Waals surface area contributed by atoms with Crippen molar-refractivity contribution < 1.29 is 14.3 Å². The molecule has 0 aliphatic rings. The lowest BCUT2D eigenvalue weighted by atomic mass is 9.92. The highest BCUT2D eigenvalue weighted by atomic mass is 16.5. The first-order valence-electron chi connectivity index (χ1n) is 10.8. The molecule has 0 saturated heterocycles. The van der Waals surface area contributed by atoms with Gasteiger partial charge in [0.1, 0.15) is 5.69 Å². The first-order chi connectivity index (χ1) is 16.4. The Bertz CT molecular complexity index is 1230. The fourth-order valence-corrected chi connectivity index (χ4v) is 3.42. The molecule has 1 amide bonds. The van der Waals surface area contributed by atoms with Crippen molar-refractivity contribution in [3.8, 4) is 11.8 Å². The van der Waals surface area contributed by atoms with E-state index >= 15 is 0 Å². The summed E-state index contributed by atoms with van der Waals surface area (Å²) in [6.45, 7) is 5.53. The Balaban J connectivity index is 1.69. The number of methoxy groups -OCH3 is 1. The summed E-state index contributed by atoms with van der Waals surface area (Å²) >= 11 is 0.